The quantitative estimate of drug-likeness (QED) is 0.914. The summed E-state index contributed by atoms with van der Waals surface area (Å²) in [5, 5.41) is 8.37. The molecule has 0 atom stereocenters. The SMILES string of the molecule is CCNCc1cc(CC)nc(-n2cc(Cl)c(C)n2)c1. The topological polar surface area (TPSA) is 42.7 Å². The molecule has 0 aliphatic carbocycles. The molecule has 2 aromatic rings. The Hall–Kier alpha value is -1.39. The van der Waals surface area contributed by atoms with Crippen molar-refractivity contribution in [2.45, 2.75) is 33.7 Å². The molecule has 0 aliphatic rings. The van der Waals surface area contributed by atoms with E-state index in [1.54, 1.807) is 10.9 Å². The van der Waals surface area contributed by atoms with E-state index in [9.17, 15) is 0 Å². The molecular weight excluding hydrogens is 260 g/mol. The summed E-state index contributed by atoms with van der Waals surface area (Å²) in [6.45, 7) is 7.88. The first-order chi connectivity index (χ1) is 9.13. The minimum Gasteiger partial charge on any atom is -0.313 e. The highest BCUT2D eigenvalue weighted by Gasteiger charge is 2.07. The van der Waals surface area contributed by atoms with E-state index in [2.05, 4.69) is 35.3 Å². The third-order valence-electron chi connectivity index (χ3n) is 2.94. The number of nitrogens with one attached hydrogen (secondary N) is 1. The zero-order chi connectivity index (χ0) is 13.8. The zero-order valence-corrected chi connectivity index (χ0v) is 12.3. The van der Waals surface area contributed by atoms with Crippen molar-refractivity contribution >= 4 is 11.6 Å². The molecule has 0 fully saturated rings. The van der Waals surface area contributed by atoms with Crippen LogP contribution in [0.2, 0.25) is 5.02 Å². The molecule has 0 unspecified atom stereocenters. The standard InChI is InChI=1S/C14H19ClN4/c1-4-12-6-11(8-16-5-2)7-14(17-12)19-9-13(15)10(3)18-19/h6-7,9,16H,4-5,8H2,1-3H3. The van der Waals surface area contributed by atoms with Gasteiger partial charge in [0.2, 0.25) is 0 Å². The summed E-state index contributed by atoms with van der Waals surface area (Å²) in [5.74, 6) is 0.822. The smallest absolute Gasteiger partial charge is 0.153 e. The Morgan fingerprint density at radius 3 is 2.68 bits per heavy atom. The molecule has 2 rings (SSSR count). The van der Waals surface area contributed by atoms with Crippen LogP contribution in [0.15, 0.2) is 18.3 Å². The van der Waals surface area contributed by atoms with Crippen LogP contribution in [0.4, 0.5) is 0 Å². The number of hydrogen-bond acceptors (Lipinski definition) is 3. The van der Waals surface area contributed by atoms with Crippen LogP contribution in [-0.4, -0.2) is 21.3 Å². The van der Waals surface area contributed by atoms with Gasteiger partial charge in [-0.25, -0.2) is 9.67 Å². The van der Waals surface area contributed by atoms with Crippen LogP contribution in [0.5, 0.6) is 0 Å². The van der Waals surface area contributed by atoms with Crippen LogP contribution >= 0.6 is 11.6 Å². The first-order valence-corrected chi connectivity index (χ1v) is 6.94. The number of pyridine rings is 1. The van der Waals surface area contributed by atoms with Crippen LogP contribution in [0.3, 0.4) is 0 Å². The molecule has 5 heteroatoms. The molecule has 0 aromatic carbocycles. The molecule has 102 valence electrons. The third-order valence-corrected chi connectivity index (χ3v) is 3.31. The van der Waals surface area contributed by atoms with E-state index < -0.39 is 0 Å². The van der Waals surface area contributed by atoms with E-state index in [0.717, 1.165) is 36.7 Å². The fraction of sp³-hybridized carbons (Fsp3) is 0.429. The number of nitrogens with zero attached hydrogens (tertiary/aromatic N) is 3. The van der Waals surface area contributed by atoms with Gasteiger partial charge in [0.1, 0.15) is 0 Å². The van der Waals surface area contributed by atoms with Gasteiger partial charge in [0.05, 0.1) is 16.9 Å². The highest BCUT2D eigenvalue weighted by atomic mass is 35.5. The van der Waals surface area contributed by atoms with Crippen LogP contribution < -0.4 is 5.32 Å². The summed E-state index contributed by atoms with van der Waals surface area (Å²) in [6.07, 6.45) is 2.70. The Balaban J connectivity index is 2.38. The lowest BCUT2D eigenvalue weighted by atomic mass is 10.2. The second kappa shape index (κ2) is 6.17. The lowest BCUT2D eigenvalue weighted by Crippen LogP contribution is -2.13. The molecule has 0 amide bonds. The second-order valence-electron chi connectivity index (χ2n) is 4.47. The largest absolute Gasteiger partial charge is 0.313 e. The van der Waals surface area contributed by atoms with Gasteiger partial charge in [-0.2, -0.15) is 5.10 Å². The lowest BCUT2D eigenvalue weighted by Gasteiger charge is -2.08. The molecule has 0 spiro atoms. The molecule has 19 heavy (non-hydrogen) atoms. The fourth-order valence-electron chi connectivity index (χ4n) is 1.86. The van der Waals surface area contributed by atoms with Crippen molar-refractivity contribution in [3.8, 4) is 5.82 Å². The van der Waals surface area contributed by atoms with E-state index in [1.165, 1.54) is 5.56 Å². The molecule has 0 saturated carbocycles. The Kier molecular flexibility index (Phi) is 4.56. The summed E-state index contributed by atoms with van der Waals surface area (Å²) in [7, 11) is 0. The average molecular weight is 279 g/mol. The minimum atomic E-state index is 0.664. The van der Waals surface area contributed by atoms with Gasteiger partial charge in [-0.05, 0) is 37.6 Å². The lowest BCUT2D eigenvalue weighted by molar-refractivity contribution is 0.720. The average Bonchev–Trinajstić information content (AvgIpc) is 2.76. The number of aromatic nitrogens is 3. The first kappa shape index (κ1) is 14.0. The monoisotopic (exact) mass is 278 g/mol. The maximum atomic E-state index is 6.05. The predicted molar refractivity (Wildman–Crippen MR) is 77.9 cm³/mol. The van der Waals surface area contributed by atoms with Gasteiger partial charge in [-0.1, -0.05) is 25.4 Å². The number of aryl methyl sites for hydroxylation is 2. The van der Waals surface area contributed by atoms with E-state index in [4.69, 9.17) is 11.6 Å². The van der Waals surface area contributed by atoms with Crippen molar-refractivity contribution < 1.29 is 0 Å². The van der Waals surface area contributed by atoms with Gasteiger partial charge in [-0.15, -0.1) is 0 Å². The Bertz CT molecular complexity index is 543. The van der Waals surface area contributed by atoms with Crippen LogP contribution in [0, 0.1) is 6.92 Å². The summed E-state index contributed by atoms with van der Waals surface area (Å²) in [5.41, 5.74) is 3.10. The first-order valence-electron chi connectivity index (χ1n) is 6.56. The summed E-state index contributed by atoms with van der Waals surface area (Å²) in [4.78, 5) is 4.60. The molecule has 2 heterocycles. The van der Waals surface area contributed by atoms with Gasteiger partial charge in [0.15, 0.2) is 5.82 Å². The van der Waals surface area contributed by atoms with Crippen LogP contribution in [0.25, 0.3) is 5.82 Å². The van der Waals surface area contributed by atoms with Gasteiger partial charge < -0.3 is 5.32 Å². The molecule has 0 saturated heterocycles. The summed E-state index contributed by atoms with van der Waals surface area (Å²) < 4.78 is 1.74. The molecule has 1 N–H and O–H groups in total. The van der Waals surface area contributed by atoms with Gasteiger partial charge >= 0.3 is 0 Å². The van der Waals surface area contributed by atoms with Crippen molar-refractivity contribution in [2.24, 2.45) is 0 Å². The van der Waals surface area contributed by atoms with Crippen molar-refractivity contribution in [3.63, 3.8) is 0 Å². The Morgan fingerprint density at radius 2 is 2.11 bits per heavy atom. The van der Waals surface area contributed by atoms with Crippen LogP contribution in [0.1, 0.15) is 30.8 Å². The molecule has 2 aromatic heterocycles. The third kappa shape index (κ3) is 3.33. The number of hydrogen-bond donors (Lipinski definition) is 1. The highest BCUT2D eigenvalue weighted by molar-refractivity contribution is 6.31. The van der Waals surface area contributed by atoms with E-state index in [-0.39, 0.29) is 0 Å². The maximum Gasteiger partial charge on any atom is 0.153 e. The molecular formula is C14H19ClN4. The van der Waals surface area contributed by atoms with Gasteiger partial charge in [-0.3, -0.25) is 0 Å². The minimum absolute atomic E-state index is 0.664. The normalized spacial score (nSPS) is 10.9. The maximum absolute atomic E-state index is 6.05. The van der Waals surface area contributed by atoms with E-state index in [0.29, 0.717) is 5.02 Å². The highest BCUT2D eigenvalue weighted by Crippen LogP contribution is 2.17. The van der Waals surface area contributed by atoms with Gasteiger partial charge in [0, 0.05) is 12.2 Å². The molecule has 0 bridgehead atoms. The van der Waals surface area contributed by atoms with Gasteiger partial charge in [0.25, 0.3) is 0 Å². The number of rotatable bonds is 5. The Morgan fingerprint density at radius 1 is 1.32 bits per heavy atom. The van der Waals surface area contributed by atoms with E-state index >= 15 is 0 Å². The predicted octanol–water partition coefficient (Wildman–Crippen LogP) is 2.90. The van der Waals surface area contributed by atoms with Crippen molar-refractivity contribution in [1.29, 1.82) is 0 Å². The second-order valence-corrected chi connectivity index (χ2v) is 4.87. The zero-order valence-electron chi connectivity index (χ0n) is 11.6. The van der Waals surface area contributed by atoms with Crippen LogP contribution in [-0.2, 0) is 13.0 Å². The Labute approximate surface area is 118 Å². The molecule has 4 nitrogen and oxygen atoms in total. The fourth-order valence-corrected chi connectivity index (χ4v) is 1.99. The van der Waals surface area contributed by atoms with E-state index in [1.807, 2.05) is 13.0 Å². The summed E-state index contributed by atoms with van der Waals surface area (Å²) in [6, 6.07) is 4.18. The summed E-state index contributed by atoms with van der Waals surface area (Å²) >= 11 is 6.05. The molecule has 0 radical (unpaired) electrons. The molecule has 0 aliphatic heterocycles. The number of halogens is 1. The van der Waals surface area contributed by atoms with Crippen molar-refractivity contribution in [2.75, 3.05) is 6.54 Å². The van der Waals surface area contributed by atoms with Crippen molar-refractivity contribution in [1.82, 2.24) is 20.1 Å². The van der Waals surface area contributed by atoms with Crippen molar-refractivity contribution in [3.05, 3.63) is 40.3 Å².